The van der Waals surface area contributed by atoms with Crippen molar-refractivity contribution in [3.8, 4) is 0 Å². The Morgan fingerprint density at radius 2 is 1.45 bits per heavy atom. The van der Waals surface area contributed by atoms with Crippen LogP contribution in [0.3, 0.4) is 0 Å². The predicted molar refractivity (Wildman–Crippen MR) is 92.3 cm³/mol. The van der Waals surface area contributed by atoms with Gasteiger partial charge in [0.2, 0.25) is 5.91 Å². The van der Waals surface area contributed by atoms with Gasteiger partial charge in [0.25, 0.3) is 0 Å². The molecule has 0 unspecified atom stereocenters. The second-order valence-corrected chi connectivity index (χ2v) is 6.52. The van der Waals surface area contributed by atoms with Crippen LogP contribution < -0.4 is 5.32 Å². The molecule has 0 aromatic heterocycles. The number of benzene rings is 2. The van der Waals surface area contributed by atoms with Crippen LogP contribution >= 0.6 is 0 Å². The third kappa shape index (κ3) is 6.20. The zero-order valence-electron chi connectivity index (χ0n) is 15.3. The van der Waals surface area contributed by atoms with Gasteiger partial charge in [-0.2, -0.15) is 26.3 Å². The highest BCUT2D eigenvalue weighted by Gasteiger charge is 2.36. The molecule has 1 N–H and O–H groups in total. The molecule has 0 fully saturated rings. The average Bonchev–Trinajstić information content (AvgIpc) is 2.63. The first kappa shape index (κ1) is 22.7. The van der Waals surface area contributed by atoms with Gasteiger partial charge in [0.1, 0.15) is 5.82 Å². The van der Waals surface area contributed by atoms with Gasteiger partial charge in [-0.1, -0.05) is 25.5 Å². The van der Waals surface area contributed by atoms with Gasteiger partial charge < -0.3 is 5.32 Å². The molecule has 158 valence electrons. The standard InChI is InChI=1S/C20H18F7NO/c1-2-3-17(13-4-6-16(21)7-5-13)18(29)28-11-12-8-14(19(22,23)24)10-15(9-12)20(25,26)27/h4-10,17H,2-3,11H2,1H3,(H,28,29)/t17-/m0/s1. The van der Waals surface area contributed by atoms with E-state index in [1.54, 1.807) is 0 Å². The van der Waals surface area contributed by atoms with E-state index in [1.165, 1.54) is 24.3 Å². The van der Waals surface area contributed by atoms with Crippen LogP contribution in [0.5, 0.6) is 0 Å². The smallest absolute Gasteiger partial charge is 0.351 e. The molecule has 9 heteroatoms. The molecule has 0 aliphatic carbocycles. The molecule has 2 aromatic rings. The van der Waals surface area contributed by atoms with E-state index in [4.69, 9.17) is 0 Å². The van der Waals surface area contributed by atoms with Gasteiger partial charge in [-0.15, -0.1) is 0 Å². The average molecular weight is 421 g/mol. The van der Waals surface area contributed by atoms with E-state index in [9.17, 15) is 35.5 Å². The summed E-state index contributed by atoms with van der Waals surface area (Å²) in [4.78, 5) is 12.5. The summed E-state index contributed by atoms with van der Waals surface area (Å²) < 4.78 is 90.7. The Hall–Kier alpha value is -2.58. The number of carbonyl (C=O) groups excluding carboxylic acids is 1. The van der Waals surface area contributed by atoms with Crippen LogP contribution in [0.1, 0.15) is 47.9 Å². The Labute approximate surface area is 162 Å². The molecule has 0 radical (unpaired) electrons. The van der Waals surface area contributed by atoms with Crippen molar-refractivity contribution in [3.05, 3.63) is 70.5 Å². The van der Waals surface area contributed by atoms with Crippen LogP contribution in [0.4, 0.5) is 30.7 Å². The minimum absolute atomic E-state index is 0.0315. The highest BCUT2D eigenvalue weighted by Crippen LogP contribution is 2.36. The molecule has 1 atom stereocenters. The van der Waals surface area contributed by atoms with Crippen molar-refractivity contribution in [1.82, 2.24) is 5.32 Å². The topological polar surface area (TPSA) is 29.1 Å². The molecule has 29 heavy (non-hydrogen) atoms. The second-order valence-electron chi connectivity index (χ2n) is 6.52. The summed E-state index contributed by atoms with van der Waals surface area (Å²) in [7, 11) is 0. The molecular formula is C20H18F7NO. The van der Waals surface area contributed by atoms with Crippen molar-refractivity contribution in [2.24, 2.45) is 0 Å². The van der Waals surface area contributed by atoms with E-state index in [-0.39, 0.29) is 11.6 Å². The van der Waals surface area contributed by atoms with Crippen molar-refractivity contribution in [2.45, 2.75) is 44.6 Å². The summed E-state index contributed by atoms with van der Waals surface area (Å²) in [6.07, 6.45) is -8.94. The number of hydrogen-bond donors (Lipinski definition) is 1. The maximum absolute atomic E-state index is 13.1. The van der Waals surface area contributed by atoms with Crippen molar-refractivity contribution < 1.29 is 35.5 Å². The van der Waals surface area contributed by atoms with Crippen LogP contribution in [-0.2, 0) is 23.7 Å². The van der Waals surface area contributed by atoms with Gasteiger partial charge in [0.15, 0.2) is 0 Å². The molecule has 0 heterocycles. The molecule has 0 saturated heterocycles. The van der Waals surface area contributed by atoms with E-state index in [2.05, 4.69) is 5.32 Å². The maximum atomic E-state index is 13.1. The first-order valence-corrected chi connectivity index (χ1v) is 8.73. The fourth-order valence-electron chi connectivity index (χ4n) is 2.87. The molecule has 0 aliphatic heterocycles. The van der Waals surface area contributed by atoms with Crippen LogP contribution in [0, 0.1) is 5.82 Å². The third-order valence-electron chi connectivity index (χ3n) is 4.28. The first-order chi connectivity index (χ1) is 13.4. The summed E-state index contributed by atoms with van der Waals surface area (Å²) in [5.41, 5.74) is -2.71. The molecule has 0 bridgehead atoms. The van der Waals surface area contributed by atoms with E-state index < -0.39 is 47.7 Å². The Bertz CT molecular complexity index is 809. The Morgan fingerprint density at radius 1 is 0.931 bits per heavy atom. The largest absolute Gasteiger partial charge is 0.416 e. The van der Waals surface area contributed by atoms with Crippen molar-refractivity contribution in [1.29, 1.82) is 0 Å². The normalized spacial score (nSPS) is 13.2. The van der Waals surface area contributed by atoms with Crippen LogP contribution in [-0.4, -0.2) is 5.91 Å². The monoisotopic (exact) mass is 421 g/mol. The van der Waals surface area contributed by atoms with Gasteiger partial charge in [0, 0.05) is 6.54 Å². The lowest BCUT2D eigenvalue weighted by molar-refractivity contribution is -0.143. The second kappa shape index (κ2) is 8.84. The molecule has 0 spiro atoms. The predicted octanol–water partition coefficient (Wildman–Crippen LogP) is 6.06. The molecule has 2 aromatic carbocycles. The van der Waals surface area contributed by atoms with Gasteiger partial charge in [-0.05, 0) is 47.9 Å². The third-order valence-corrected chi connectivity index (χ3v) is 4.28. The number of amides is 1. The first-order valence-electron chi connectivity index (χ1n) is 8.73. The minimum Gasteiger partial charge on any atom is -0.351 e. The number of halogens is 7. The fraction of sp³-hybridized carbons (Fsp3) is 0.350. The molecule has 0 aliphatic rings. The number of nitrogens with one attached hydrogen (secondary N) is 1. The Balaban J connectivity index is 2.24. The molecular weight excluding hydrogens is 403 g/mol. The fourth-order valence-corrected chi connectivity index (χ4v) is 2.87. The molecule has 2 nitrogen and oxygen atoms in total. The van der Waals surface area contributed by atoms with Gasteiger partial charge in [0.05, 0.1) is 17.0 Å². The van der Waals surface area contributed by atoms with Gasteiger partial charge in [-0.25, -0.2) is 4.39 Å². The van der Waals surface area contributed by atoms with Gasteiger partial charge in [-0.3, -0.25) is 4.79 Å². The zero-order valence-corrected chi connectivity index (χ0v) is 15.3. The number of alkyl halides is 6. The number of hydrogen-bond acceptors (Lipinski definition) is 1. The Morgan fingerprint density at radius 3 is 1.90 bits per heavy atom. The van der Waals surface area contributed by atoms with Crippen molar-refractivity contribution in [3.63, 3.8) is 0 Å². The molecule has 0 saturated carbocycles. The van der Waals surface area contributed by atoms with Crippen LogP contribution in [0.25, 0.3) is 0 Å². The summed E-state index contributed by atoms with van der Waals surface area (Å²) in [5.74, 6) is -1.76. The Kier molecular flexibility index (Phi) is 6.92. The zero-order chi connectivity index (χ0) is 21.8. The quantitative estimate of drug-likeness (QED) is 0.564. The summed E-state index contributed by atoms with van der Waals surface area (Å²) in [5, 5.41) is 2.39. The molecule has 2 rings (SSSR count). The van der Waals surface area contributed by atoms with E-state index in [0.29, 0.717) is 30.5 Å². The van der Waals surface area contributed by atoms with E-state index in [1.807, 2.05) is 6.92 Å². The lowest BCUT2D eigenvalue weighted by Gasteiger charge is -2.18. The number of carbonyl (C=O) groups is 1. The summed E-state index contributed by atoms with van der Waals surface area (Å²) in [6.45, 7) is 1.31. The summed E-state index contributed by atoms with van der Waals surface area (Å²) in [6, 6.07) is 6.36. The van der Waals surface area contributed by atoms with Crippen LogP contribution in [0.2, 0.25) is 0 Å². The van der Waals surface area contributed by atoms with Gasteiger partial charge >= 0.3 is 12.4 Å². The highest BCUT2D eigenvalue weighted by molar-refractivity contribution is 5.83. The highest BCUT2D eigenvalue weighted by atomic mass is 19.4. The van der Waals surface area contributed by atoms with Crippen LogP contribution in [0.15, 0.2) is 42.5 Å². The molecule has 1 amide bonds. The van der Waals surface area contributed by atoms with Crippen molar-refractivity contribution in [2.75, 3.05) is 0 Å². The van der Waals surface area contributed by atoms with Crippen molar-refractivity contribution >= 4 is 5.91 Å². The number of rotatable bonds is 6. The SMILES string of the molecule is CCC[C@H](C(=O)NCc1cc(C(F)(F)F)cc(C(F)(F)F)c1)c1ccc(F)cc1. The van der Waals surface area contributed by atoms with E-state index >= 15 is 0 Å². The maximum Gasteiger partial charge on any atom is 0.416 e. The summed E-state index contributed by atoms with van der Waals surface area (Å²) >= 11 is 0. The minimum atomic E-state index is -4.96. The van der Waals surface area contributed by atoms with E-state index in [0.717, 1.165) is 0 Å². The lowest BCUT2D eigenvalue weighted by Crippen LogP contribution is -2.29. The lowest BCUT2D eigenvalue weighted by atomic mass is 9.93.